The monoisotopic (exact) mass is 311 g/mol. The highest BCUT2D eigenvalue weighted by Crippen LogP contribution is 2.43. The summed E-state index contributed by atoms with van der Waals surface area (Å²) in [4.78, 5) is 3.71. The lowest BCUT2D eigenvalue weighted by atomic mass is 9.93. The first-order valence-electron chi connectivity index (χ1n) is 7.61. The van der Waals surface area contributed by atoms with Crippen molar-refractivity contribution in [2.24, 2.45) is 0 Å². The summed E-state index contributed by atoms with van der Waals surface area (Å²) in [5, 5.41) is 1.38. The molecule has 1 unspecified atom stereocenters. The average Bonchev–Trinajstić information content (AvgIpc) is 2.84. The van der Waals surface area contributed by atoms with Crippen LogP contribution in [0.4, 0.5) is 4.39 Å². The maximum absolute atomic E-state index is 13.7. The molecule has 1 aliphatic rings. The molecule has 2 aromatic carbocycles. The molecule has 112 valence electrons. The summed E-state index contributed by atoms with van der Waals surface area (Å²) in [6.07, 6.45) is 1.07. The topological polar surface area (TPSA) is 3.24 Å². The molecule has 0 fully saturated rings. The van der Waals surface area contributed by atoms with Gasteiger partial charge in [0.2, 0.25) is 0 Å². The number of thiophene rings is 1. The van der Waals surface area contributed by atoms with Crippen LogP contribution in [-0.2, 0) is 6.42 Å². The molecule has 1 aliphatic heterocycles. The minimum atomic E-state index is -0.157. The molecule has 0 radical (unpaired) electrons. The number of aryl methyl sites for hydroxylation is 1. The van der Waals surface area contributed by atoms with Crippen LogP contribution in [0.5, 0.6) is 0 Å². The minimum Gasteiger partial charge on any atom is -0.294 e. The summed E-state index contributed by atoms with van der Waals surface area (Å²) in [6.45, 7) is 3.15. The van der Waals surface area contributed by atoms with E-state index in [9.17, 15) is 4.39 Å². The number of likely N-dealkylation sites (N-methyl/N-ethyl adjacent to an activating group) is 1. The van der Waals surface area contributed by atoms with E-state index in [0.29, 0.717) is 0 Å². The maximum Gasteiger partial charge on any atom is 0.123 e. The summed E-state index contributed by atoms with van der Waals surface area (Å²) >= 11 is 1.86. The van der Waals surface area contributed by atoms with Crippen molar-refractivity contribution in [1.29, 1.82) is 0 Å². The van der Waals surface area contributed by atoms with Gasteiger partial charge in [-0.1, -0.05) is 29.8 Å². The third kappa shape index (κ3) is 2.16. The van der Waals surface area contributed by atoms with Gasteiger partial charge in [-0.15, -0.1) is 11.3 Å². The Balaban J connectivity index is 1.93. The molecule has 22 heavy (non-hydrogen) atoms. The van der Waals surface area contributed by atoms with E-state index in [1.807, 2.05) is 23.5 Å². The number of fused-ring (bicyclic) bond motifs is 3. The molecule has 2 heterocycles. The molecule has 1 nitrogen and oxygen atoms in total. The van der Waals surface area contributed by atoms with Crippen molar-refractivity contribution in [2.75, 3.05) is 13.6 Å². The first-order valence-corrected chi connectivity index (χ1v) is 8.43. The lowest BCUT2D eigenvalue weighted by Crippen LogP contribution is -2.31. The number of benzene rings is 2. The minimum absolute atomic E-state index is 0.157. The molecule has 4 rings (SSSR count). The van der Waals surface area contributed by atoms with Crippen molar-refractivity contribution in [1.82, 2.24) is 4.90 Å². The third-order valence-corrected chi connectivity index (χ3v) is 5.81. The van der Waals surface area contributed by atoms with Crippen LogP contribution in [-0.4, -0.2) is 18.5 Å². The standard InChI is InChI=1S/C19H18FNS/c1-12-6-7-17-16(10-12)15-8-9-21(2)18(19(15)22-17)13-4-3-5-14(20)11-13/h3-7,10-11,18H,8-9H2,1-2H3. The summed E-state index contributed by atoms with van der Waals surface area (Å²) in [7, 11) is 2.13. The number of halogens is 1. The van der Waals surface area contributed by atoms with Crippen LogP contribution < -0.4 is 0 Å². The van der Waals surface area contributed by atoms with Gasteiger partial charge >= 0.3 is 0 Å². The van der Waals surface area contributed by atoms with E-state index in [1.54, 1.807) is 6.07 Å². The van der Waals surface area contributed by atoms with Crippen molar-refractivity contribution in [2.45, 2.75) is 19.4 Å². The van der Waals surface area contributed by atoms with Gasteiger partial charge in [0, 0.05) is 16.1 Å². The Hall–Kier alpha value is -1.71. The molecule has 0 amide bonds. The smallest absolute Gasteiger partial charge is 0.123 e. The Bertz CT molecular complexity index is 852. The molecule has 0 saturated heterocycles. The fourth-order valence-corrected chi connectivity index (χ4v) is 4.89. The lowest BCUT2D eigenvalue weighted by Gasteiger charge is -2.33. The van der Waals surface area contributed by atoms with Crippen molar-refractivity contribution in [3.8, 4) is 0 Å². The molecule has 0 N–H and O–H groups in total. The fraction of sp³-hybridized carbons (Fsp3) is 0.263. The van der Waals surface area contributed by atoms with Crippen molar-refractivity contribution in [3.63, 3.8) is 0 Å². The van der Waals surface area contributed by atoms with Crippen LogP contribution in [0.25, 0.3) is 10.1 Å². The maximum atomic E-state index is 13.7. The van der Waals surface area contributed by atoms with E-state index in [-0.39, 0.29) is 11.9 Å². The van der Waals surface area contributed by atoms with Gasteiger partial charge in [0.25, 0.3) is 0 Å². The van der Waals surface area contributed by atoms with E-state index >= 15 is 0 Å². The SMILES string of the molecule is Cc1ccc2sc3c(c2c1)CCN(C)C3c1cccc(F)c1. The van der Waals surface area contributed by atoms with Crippen molar-refractivity contribution >= 4 is 21.4 Å². The van der Waals surface area contributed by atoms with E-state index in [4.69, 9.17) is 0 Å². The van der Waals surface area contributed by atoms with Gasteiger partial charge in [-0.2, -0.15) is 0 Å². The quantitative estimate of drug-likeness (QED) is 0.616. The number of hydrogen-bond donors (Lipinski definition) is 0. The van der Waals surface area contributed by atoms with Gasteiger partial charge in [-0.05, 0) is 55.1 Å². The Morgan fingerprint density at radius 2 is 2.05 bits per heavy atom. The molecule has 3 aromatic rings. The van der Waals surface area contributed by atoms with Crippen LogP contribution in [0, 0.1) is 12.7 Å². The van der Waals surface area contributed by atoms with Gasteiger partial charge in [-0.25, -0.2) is 4.39 Å². The van der Waals surface area contributed by atoms with Crippen LogP contribution >= 0.6 is 11.3 Å². The first kappa shape index (κ1) is 13.9. The van der Waals surface area contributed by atoms with Crippen LogP contribution in [0.3, 0.4) is 0 Å². The Morgan fingerprint density at radius 3 is 2.86 bits per heavy atom. The van der Waals surface area contributed by atoms with Gasteiger partial charge < -0.3 is 0 Å². The van der Waals surface area contributed by atoms with Gasteiger partial charge in [0.15, 0.2) is 0 Å². The van der Waals surface area contributed by atoms with Crippen molar-refractivity contribution < 1.29 is 4.39 Å². The Labute approximate surface area is 134 Å². The second kappa shape index (κ2) is 5.18. The Kier molecular flexibility index (Phi) is 3.28. The summed E-state index contributed by atoms with van der Waals surface area (Å²) in [5.41, 5.74) is 3.80. The molecule has 0 saturated carbocycles. The van der Waals surface area contributed by atoms with E-state index in [1.165, 1.54) is 32.2 Å². The zero-order valence-electron chi connectivity index (χ0n) is 12.8. The molecule has 0 spiro atoms. The van der Waals surface area contributed by atoms with Gasteiger partial charge in [0.1, 0.15) is 5.82 Å². The summed E-state index contributed by atoms with van der Waals surface area (Å²) in [6, 6.07) is 13.9. The van der Waals surface area contributed by atoms with Gasteiger partial charge in [0.05, 0.1) is 6.04 Å². The fourth-order valence-electron chi connectivity index (χ4n) is 3.46. The van der Waals surface area contributed by atoms with Crippen LogP contribution in [0.2, 0.25) is 0 Å². The van der Waals surface area contributed by atoms with Crippen LogP contribution in [0.15, 0.2) is 42.5 Å². The van der Waals surface area contributed by atoms with E-state index in [2.05, 4.69) is 37.1 Å². The summed E-state index contributed by atoms with van der Waals surface area (Å²) in [5.74, 6) is -0.157. The predicted molar refractivity (Wildman–Crippen MR) is 91.1 cm³/mol. The van der Waals surface area contributed by atoms with E-state index < -0.39 is 0 Å². The molecule has 1 atom stereocenters. The van der Waals surface area contributed by atoms with Crippen molar-refractivity contribution in [3.05, 3.63) is 69.8 Å². The van der Waals surface area contributed by atoms with E-state index in [0.717, 1.165) is 18.5 Å². The first-order chi connectivity index (χ1) is 10.6. The summed E-state index contributed by atoms with van der Waals surface area (Å²) < 4.78 is 15.0. The van der Waals surface area contributed by atoms with Gasteiger partial charge in [-0.3, -0.25) is 4.90 Å². The molecule has 0 aliphatic carbocycles. The molecule has 1 aromatic heterocycles. The molecular formula is C19H18FNS. The predicted octanol–water partition coefficient (Wildman–Crippen LogP) is 4.93. The second-order valence-electron chi connectivity index (χ2n) is 6.13. The second-order valence-corrected chi connectivity index (χ2v) is 7.22. The highest BCUT2D eigenvalue weighted by Gasteiger charge is 2.29. The molecular weight excluding hydrogens is 293 g/mol. The number of nitrogens with zero attached hydrogens (tertiary/aromatic N) is 1. The number of hydrogen-bond acceptors (Lipinski definition) is 2. The highest BCUT2D eigenvalue weighted by molar-refractivity contribution is 7.19. The lowest BCUT2D eigenvalue weighted by molar-refractivity contribution is 0.269. The number of rotatable bonds is 1. The zero-order chi connectivity index (χ0) is 15.3. The molecule has 3 heteroatoms. The average molecular weight is 311 g/mol. The third-order valence-electron chi connectivity index (χ3n) is 4.55. The molecule has 0 bridgehead atoms. The largest absolute Gasteiger partial charge is 0.294 e. The zero-order valence-corrected chi connectivity index (χ0v) is 13.6. The Morgan fingerprint density at radius 1 is 1.18 bits per heavy atom. The highest BCUT2D eigenvalue weighted by atomic mass is 32.1. The normalized spacial score (nSPS) is 18.6. The van der Waals surface area contributed by atoms with Crippen LogP contribution in [0.1, 0.15) is 27.6 Å².